The van der Waals surface area contributed by atoms with Crippen molar-refractivity contribution in [3.63, 3.8) is 0 Å². The van der Waals surface area contributed by atoms with Crippen LogP contribution in [0.4, 0.5) is 0 Å². The number of ether oxygens (including phenoxy) is 1. The van der Waals surface area contributed by atoms with E-state index in [1.54, 1.807) is 0 Å². The molecule has 74 valence electrons. The van der Waals surface area contributed by atoms with Crippen LogP contribution in [-0.4, -0.2) is 40.1 Å². The molecule has 0 aliphatic rings. The lowest BCUT2D eigenvalue weighted by Crippen LogP contribution is -2.29. The van der Waals surface area contributed by atoms with Crippen molar-refractivity contribution in [2.24, 2.45) is 0 Å². The Bertz CT molecular complexity index is 225. The molecule has 0 saturated heterocycles. The molecule has 6 nitrogen and oxygen atoms in total. The number of carbonyl (C=O) groups excluding carboxylic acids is 1. The first-order valence-electron chi connectivity index (χ1n) is 3.17. The van der Waals surface area contributed by atoms with Crippen molar-refractivity contribution in [3.8, 4) is 0 Å². The van der Waals surface area contributed by atoms with Gasteiger partial charge in [0.1, 0.15) is 5.88 Å². The maximum Gasteiger partial charge on any atom is 0.345 e. The summed E-state index contributed by atoms with van der Waals surface area (Å²) >= 11 is 5.02. The molecule has 0 amide bonds. The second-order valence-corrected chi connectivity index (χ2v) is 2.32. The van der Waals surface area contributed by atoms with E-state index in [0.29, 0.717) is 0 Å². The van der Waals surface area contributed by atoms with Crippen LogP contribution in [0.15, 0.2) is 0 Å². The first-order valence-corrected chi connectivity index (χ1v) is 3.71. The fourth-order valence-electron chi connectivity index (χ4n) is 0.528. The maximum atomic E-state index is 10.5. The number of carboxylic acids is 2. The van der Waals surface area contributed by atoms with Crippen LogP contribution in [0.5, 0.6) is 0 Å². The number of hydrogen-bond donors (Lipinski definition) is 2. The predicted molar refractivity (Wildman–Crippen MR) is 40.5 cm³/mol. The molecular formula is C6H7ClO6. The van der Waals surface area contributed by atoms with Crippen LogP contribution in [0.25, 0.3) is 0 Å². The third-order valence-corrected chi connectivity index (χ3v) is 1.24. The standard InChI is InChI=1S/C6H7ClO6/c7-2-5(10)13-3(6(11)12)1-4(8)9/h3H,1-2H2,(H,8,9)(H,11,12). The molecule has 2 N–H and O–H groups in total. The van der Waals surface area contributed by atoms with Crippen molar-refractivity contribution < 1.29 is 29.3 Å². The molecule has 0 bridgehead atoms. The molecule has 13 heavy (non-hydrogen) atoms. The van der Waals surface area contributed by atoms with E-state index in [1.807, 2.05) is 0 Å². The Hall–Kier alpha value is -1.30. The second kappa shape index (κ2) is 5.36. The molecule has 7 heteroatoms. The Kier molecular flexibility index (Phi) is 4.83. The first kappa shape index (κ1) is 11.7. The average molecular weight is 211 g/mol. The van der Waals surface area contributed by atoms with Gasteiger partial charge in [0.25, 0.3) is 0 Å². The van der Waals surface area contributed by atoms with Gasteiger partial charge in [-0.1, -0.05) is 0 Å². The van der Waals surface area contributed by atoms with Crippen LogP contribution >= 0.6 is 11.6 Å². The van der Waals surface area contributed by atoms with Gasteiger partial charge < -0.3 is 14.9 Å². The van der Waals surface area contributed by atoms with Gasteiger partial charge in [-0.2, -0.15) is 0 Å². The Labute approximate surface area is 78.1 Å². The van der Waals surface area contributed by atoms with Crippen molar-refractivity contribution in [2.75, 3.05) is 5.88 Å². The largest absolute Gasteiger partial charge is 0.481 e. The van der Waals surface area contributed by atoms with E-state index >= 15 is 0 Å². The molecule has 0 aromatic rings. The summed E-state index contributed by atoms with van der Waals surface area (Å²) < 4.78 is 4.22. The molecule has 1 unspecified atom stereocenters. The molecule has 0 fully saturated rings. The van der Waals surface area contributed by atoms with Crippen molar-refractivity contribution in [3.05, 3.63) is 0 Å². The summed E-state index contributed by atoms with van der Waals surface area (Å²) in [5.41, 5.74) is 0. The van der Waals surface area contributed by atoms with Gasteiger partial charge in [0.05, 0.1) is 6.42 Å². The number of rotatable bonds is 5. The van der Waals surface area contributed by atoms with Gasteiger partial charge >= 0.3 is 17.9 Å². The minimum absolute atomic E-state index is 0.511. The van der Waals surface area contributed by atoms with E-state index in [0.717, 1.165) is 0 Å². The highest BCUT2D eigenvalue weighted by Crippen LogP contribution is 2.00. The molecule has 1 atom stereocenters. The molecule has 0 spiro atoms. The van der Waals surface area contributed by atoms with E-state index in [4.69, 9.17) is 21.8 Å². The highest BCUT2D eigenvalue weighted by Gasteiger charge is 2.24. The lowest BCUT2D eigenvalue weighted by atomic mass is 10.2. The first-order chi connectivity index (χ1) is 5.97. The number of carboxylic acid groups (broad SMARTS) is 2. The minimum atomic E-state index is -1.68. The molecule has 0 radical (unpaired) electrons. The van der Waals surface area contributed by atoms with Gasteiger partial charge in [0, 0.05) is 0 Å². The molecule has 0 heterocycles. The predicted octanol–water partition coefficient (Wildman–Crippen LogP) is -0.304. The lowest BCUT2D eigenvalue weighted by molar-refractivity contribution is -0.165. The quantitative estimate of drug-likeness (QED) is 0.477. The Morgan fingerprint density at radius 2 is 1.85 bits per heavy atom. The monoisotopic (exact) mass is 210 g/mol. The molecular weight excluding hydrogens is 204 g/mol. The van der Waals surface area contributed by atoms with Gasteiger partial charge in [-0.05, 0) is 0 Å². The fraction of sp³-hybridized carbons (Fsp3) is 0.500. The average Bonchev–Trinajstić information content (AvgIpc) is 2.02. The lowest BCUT2D eigenvalue weighted by Gasteiger charge is -2.09. The minimum Gasteiger partial charge on any atom is -0.481 e. The Morgan fingerprint density at radius 1 is 1.31 bits per heavy atom. The number of aliphatic carboxylic acids is 2. The van der Waals surface area contributed by atoms with Gasteiger partial charge in [-0.25, -0.2) is 4.79 Å². The topological polar surface area (TPSA) is 101 Å². The van der Waals surface area contributed by atoms with Gasteiger partial charge in [0.2, 0.25) is 6.10 Å². The molecule has 0 aliphatic carbocycles. The van der Waals surface area contributed by atoms with Crippen LogP contribution in [0.3, 0.4) is 0 Å². The van der Waals surface area contributed by atoms with E-state index < -0.39 is 36.3 Å². The number of halogens is 1. The van der Waals surface area contributed by atoms with E-state index in [9.17, 15) is 14.4 Å². The summed E-state index contributed by atoms with van der Waals surface area (Å²) in [5, 5.41) is 16.6. The van der Waals surface area contributed by atoms with Crippen LogP contribution in [-0.2, 0) is 19.1 Å². The molecule has 0 aromatic carbocycles. The van der Waals surface area contributed by atoms with Crippen LogP contribution in [0.1, 0.15) is 6.42 Å². The van der Waals surface area contributed by atoms with E-state index in [1.165, 1.54) is 0 Å². The summed E-state index contributed by atoms with van der Waals surface area (Å²) in [4.78, 5) is 30.9. The third-order valence-electron chi connectivity index (χ3n) is 1.02. The third kappa shape index (κ3) is 5.02. The second-order valence-electron chi connectivity index (χ2n) is 2.05. The molecule has 0 saturated carbocycles. The smallest absolute Gasteiger partial charge is 0.345 e. The van der Waals surface area contributed by atoms with Gasteiger partial charge in [0.15, 0.2) is 0 Å². The Morgan fingerprint density at radius 3 is 2.15 bits per heavy atom. The van der Waals surface area contributed by atoms with Gasteiger partial charge in [-0.3, -0.25) is 9.59 Å². The zero-order valence-electron chi connectivity index (χ0n) is 6.40. The summed E-state index contributed by atoms with van der Waals surface area (Å²) in [7, 11) is 0. The highest BCUT2D eigenvalue weighted by atomic mass is 35.5. The summed E-state index contributed by atoms with van der Waals surface area (Å²) in [6.45, 7) is 0. The van der Waals surface area contributed by atoms with Gasteiger partial charge in [-0.15, -0.1) is 11.6 Å². The number of alkyl halides is 1. The number of hydrogen-bond acceptors (Lipinski definition) is 4. The van der Waals surface area contributed by atoms with Crippen molar-refractivity contribution in [1.82, 2.24) is 0 Å². The summed E-state index contributed by atoms with van der Waals surface area (Å²) in [6.07, 6.45) is -2.46. The Balaban J connectivity index is 4.18. The molecule has 0 aliphatic heterocycles. The molecule has 0 rings (SSSR count). The van der Waals surface area contributed by atoms with Crippen LogP contribution in [0.2, 0.25) is 0 Å². The number of carbonyl (C=O) groups is 3. The highest BCUT2D eigenvalue weighted by molar-refractivity contribution is 6.26. The normalized spacial score (nSPS) is 11.8. The zero-order valence-corrected chi connectivity index (χ0v) is 7.15. The van der Waals surface area contributed by atoms with E-state index in [2.05, 4.69) is 4.74 Å². The number of esters is 1. The van der Waals surface area contributed by atoms with Crippen LogP contribution < -0.4 is 0 Å². The van der Waals surface area contributed by atoms with Crippen molar-refractivity contribution in [2.45, 2.75) is 12.5 Å². The fourth-order valence-corrected chi connectivity index (χ4v) is 0.591. The summed E-state index contributed by atoms with van der Waals surface area (Å²) in [6, 6.07) is 0. The SMILES string of the molecule is O=C(O)CC(OC(=O)CCl)C(=O)O. The van der Waals surface area contributed by atoms with Crippen molar-refractivity contribution >= 4 is 29.5 Å². The van der Waals surface area contributed by atoms with Crippen LogP contribution in [0, 0.1) is 0 Å². The van der Waals surface area contributed by atoms with Crippen molar-refractivity contribution in [1.29, 1.82) is 0 Å². The summed E-state index contributed by atoms with van der Waals surface area (Å²) in [5.74, 6) is -4.35. The molecule has 0 aromatic heterocycles. The zero-order chi connectivity index (χ0) is 10.4. The maximum absolute atomic E-state index is 10.5. The van der Waals surface area contributed by atoms with E-state index in [-0.39, 0.29) is 0 Å².